The maximum atomic E-state index is 11.9. The molecule has 0 amide bonds. The number of H-pyrrole nitrogens is 1. The van der Waals surface area contributed by atoms with E-state index in [4.69, 9.17) is 15.2 Å². The quantitative estimate of drug-likeness (QED) is 0.723. The Morgan fingerprint density at radius 2 is 2.23 bits per heavy atom. The van der Waals surface area contributed by atoms with E-state index in [1.165, 1.54) is 0 Å². The molecule has 8 heteroatoms. The van der Waals surface area contributed by atoms with Crippen LogP contribution >= 0.6 is 0 Å². The molecule has 1 aliphatic heterocycles. The summed E-state index contributed by atoms with van der Waals surface area (Å²) in [5, 5.41) is 0. The zero-order valence-corrected chi connectivity index (χ0v) is 14.5. The number of fused-ring (bicyclic) bond motifs is 1. The van der Waals surface area contributed by atoms with Gasteiger partial charge in [-0.1, -0.05) is 37.3 Å². The molecule has 0 radical (unpaired) electrons. The molecule has 136 valence electrons. The summed E-state index contributed by atoms with van der Waals surface area (Å²) in [6.45, 7) is 3.85. The summed E-state index contributed by atoms with van der Waals surface area (Å²) in [6, 6.07) is 10.1. The second-order valence-corrected chi connectivity index (χ2v) is 7.03. The van der Waals surface area contributed by atoms with E-state index >= 15 is 0 Å². The lowest BCUT2D eigenvalue weighted by Crippen LogP contribution is -2.23. The van der Waals surface area contributed by atoms with Crippen molar-refractivity contribution in [3.63, 3.8) is 0 Å². The van der Waals surface area contributed by atoms with E-state index in [-0.39, 0.29) is 28.7 Å². The fraction of sp³-hybridized carbons (Fsp3) is 0.389. The molecule has 0 saturated carbocycles. The smallest absolute Gasteiger partial charge is 0.280 e. The third-order valence-corrected chi connectivity index (χ3v) is 4.61. The van der Waals surface area contributed by atoms with Gasteiger partial charge in [-0.2, -0.15) is 4.98 Å². The Kier molecular flexibility index (Phi) is 4.21. The van der Waals surface area contributed by atoms with E-state index in [1.807, 2.05) is 30.3 Å². The molecule has 2 atom stereocenters. The molecular formula is C18H21N5O3. The number of nitrogens with zero attached hydrogens (tertiary/aromatic N) is 3. The van der Waals surface area contributed by atoms with Gasteiger partial charge < -0.3 is 15.2 Å². The summed E-state index contributed by atoms with van der Waals surface area (Å²) >= 11 is 0. The number of rotatable bonds is 5. The monoisotopic (exact) mass is 355 g/mol. The molecule has 1 aliphatic rings. The Bertz CT molecular complexity index is 968. The van der Waals surface area contributed by atoms with Gasteiger partial charge >= 0.3 is 0 Å². The normalized spacial score (nSPS) is 22.9. The van der Waals surface area contributed by atoms with Gasteiger partial charge in [0.15, 0.2) is 11.2 Å². The van der Waals surface area contributed by atoms with Crippen molar-refractivity contribution < 1.29 is 9.47 Å². The minimum atomic E-state index is -0.349. The van der Waals surface area contributed by atoms with Gasteiger partial charge in [0.05, 0.1) is 26.1 Å². The highest BCUT2D eigenvalue weighted by molar-refractivity contribution is 5.70. The molecule has 3 N–H and O–H groups in total. The topological polar surface area (TPSA) is 108 Å². The first-order valence-corrected chi connectivity index (χ1v) is 8.50. The van der Waals surface area contributed by atoms with Crippen molar-refractivity contribution in [2.75, 3.05) is 18.9 Å². The Morgan fingerprint density at radius 1 is 1.42 bits per heavy atom. The molecule has 0 aliphatic carbocycles. The second kappa shape index (κ2) is 6.54. The van der Waals surface area contributed by atoms with Gasteiger partial charge in [0.2, 0.25) is 5.95 Å². The van der Waals surface area contributed by atoms with Gasteiger partial charge in [-0.05, 0) is 5.56 Å². The summed E-state index contributed by atoms with van der Waals surface area (Å²) in [6.07, 6.45) is 2.06. The number of nitrogens with one attached hydrogen (secondary N) is 1. The zero-order valence-electron chi connectivity index (χ0n) is 14.5. The van der Waals surface area contributed by atoms with E-state index in [9.17, 15) is 4.79 Å². The van der Waals surface area contributed by atoms with E-state index in [1.54, 1.807) is 10.9 Å². The van der Waals surface area contributed by atoms with Crippen LogP contribution in [-0.4, -0.2) is 32.7 Å². The average Bonchev–Trinajstić information content (AvgIpc) is 3.20. The number of hydrogen-bond donors (Lipinski definition) is 2. The molecule has 1 saturated heterocycles. The number of anilines is 1. The average molecular weight is 355 g/mol. The minimum absolute atomic E-state index is 0.0659. The highest BCUT2D eigenvalue weighted by atomic mass is 16.5. The first-order valence-electron chi connectivity index (χ1n) is 8.50. The van der Waals surface area contributed by atoms with Crippen LogP contribution in [0.1, 0.15) is 25.1 Å². The Morgan fingerprint density at radius 3 is 3.04 bits per heavy atom. The number of aromatic nitrogens is 4. The number of nitrogen functional groups attached to an aromatic ring is 1. The summed E-state index contributed by atoms with van der Waals surface area (Å²) < 4.78 is 13.6. The number of hydrogen-bond acceptors (Lipinski definition) is 6. The highest BCUT2D eigenvalue weighted by Gasteiger charge is 2.38. The van der Waals surface area contributed by atoms with Gasteiger partial charge in [-0.3, -0.25) is 14.3 Å². The maximum Gasteiger partial charge on any atom is 0.280 e. The van der Waals surface area contributed by atoms with Crippen molar-refractivity contribution in [3.8, 4) is 0 Å². The predicted octanol–water partition coefficient (Wildman–Crippen LogP) is 1.84. The van der Waals surface area contributed by atoms with E-state index in [0.717, 1.165) is 12.0 Å². The fourth-order valence-corrected chi connectivity index (χ4v) is 3.26. The van der Waals surface area contributed by atoms with Gasteiger partial charge in [-0.25, -0.2) is 4.98 Å². The maximum absolute atomic E-state index is 11.9. The van der Waals surface area contributed by atoms with E-state index < -0.39 is 0 Å². The SMILES string of the molecule is C[C@@]1(COCc2ccccc2)CO[C@H](n2cnc3c(=O)[nH]c(N)nc32)C1. The molecule has 3 aromatic rings. The first-order chi connectivity index (χ1) is 12.5. The van der Waals surface area contributed by atoms with Crippen LogP contribution in [0.15, 0.2) is 41.5 Å². The molecule has 0 bridgehead atoms. The summed E-state index contributed by atoms with van der Waals surface area (Å²) in [5.74, 6) is 0.0659. The first kappa shape index (κ1) is 16.7. The van der Waals surface area contributed by atoms with Crippen molar-refractivity contribution in [2.45, 2.75) is 26.2 Å². The standard InChI is InChI=1S/C18H21N5O3/c1-18(9-25-8-12-5-3-2-4-6-12)7-13(26-10-18)23-11-20-14-15(23)21-17(19)22-16(14)24/h2-6,11,13H,7-10H2,1H3,(H3,19,21,22,24)/t13-,18+/m0/s1. The molecule has 3 heterocycles. The summed E-state index contributed by atoms with van der Waals surface area (Å²) in [7, 11) is 0. The number of imidazole rings is 1. The number of aromatic amines is 1. The zero-order chi connectivity index (χ0) is 18.1. The molecule has 0 spiro atoms. The van der Waals surface area contributed by atoms with Crippen LogP contribution in [0, 0.1) is 5.41 Å². The Hall–Kier alpha value is -2.71. The van der Waals surface area contributed by atoms with Crippen LogP contribution in [0.25, 0.3) is 11.2 Å². The van der Waals surface area contributed by atoms with Crippen molar-refractivity contribution >= 4 is 17.1 Å². The summed E-state index contributed by atoms with van der Waals surface area (Å²) in [5.41, 5.74) is 7.03. The minimum Gasteiger partial charge on any atom is -0.376 e. The molecule has 2 aromatic heterocycles. The number of nitrogens with two attached hydrogens (primary N) is 1. The van der Waals surface area contributed by atoms with Crippen molar-refractivity contribution in [3.05, 3.63) is 52.6 Å². The van der Waals surface area contributed by atoms with Crippen LogP contribution in [0.2, 0.25) is 0 Å². The van der Waals surface area contributed by atoms with Crippen LogP contribution in [-0.2, 0) is 16.1 Å². The lowest BCUT2D eigenvalue weighted by molar-refractivity contribution is 0.0232. The van der Waals surface area contributed by atoms with E-state index in [0.29, 0.717) is 25.5 Å². The molecule has 1 fully saturated rings. The number of benzene rings is 1. The van der Waals surface area contributed by atoms with Gasteiger partial charge in [0.1, 0.15) is 6.23 Å². The molecule has 0 unspecified atom stereocenters. The van der Waals surface area contributed by atoms with Gasteiger partial charge in [0, 0.05) is 11.8 Å². The van der Waals surface area contributed by atoms with Gasteiger partial charge in [-0.15, -0.1) is 0 Å². The molecule has 1 aromatic carbocycles. The van der Waals surface area contributed by atoms with Crippen molar-refractivity contribution in [1.82, 2.24) is 19.5 Å². The highest BCUT2D eigenvalue weighted by Crippen LogP contribution is 2.39. The second-order valence-electron chi connectivity index (χ2n) is 7.03. The summed E-state index contributed by atoms with van der Waals surface area (Å²) in [4.78, 5) is 22.7. The number of ether oxygens (including phenoxy) is 2. The van der Waals surface area contributed by atoms with Crippen molar-refractivity contribution in [2.24, 2.45) is 5.41 Å². The predicted molar refractivity (Wildman–Crippen MR) is 96.4 cm³/mol. The Labute approximate surface area is 150 Å². The molecular weight excluding hydrogens is 334 g/mol. The lowest BCUT2D eigenvalue weighted by atomic mass is 9.90. The fourth-order valence-electron chi connectivity index (χ4n) is 3.26. The third-order valence-electron chi connectivity index (χ3n) is 4.61. The molecule has 8 nitrogen and oxygen atoms in total. The van der Waals surface area contributed by atoms with Crippen LogP contribution in [0.4, 0.5) is 5.95 Å². The van der Waals surface area contributed by atoms with Crippen LogP contribution < -0.4 is 11.3 Å². The largest absolute Gasteiger partial charge is 0.376 e. The Balaban J connectivity index is 1.45. The van der Waals surface area contributed by atoms with Crippen molar-refractivity contribution in [1.29, 1.82) is 0 Å². The lowest BCUT2D eigenvalue weighted by Gasteiger charge is -2.21. The third kappa shape index (κ3) is 3.21. The van der Waals surface area contributed by atoms with Crippen LogP contribution in [0.3, 0.4) is 0 Å². The van der Waals surface area contributed by atoms with Gasteiger partial charge in [0.25, 0.3) is 5.56 Å². The molecule has 26 heavy (non-hydrogen) atoms. The van der Waals surface area contributed by atoms with Crippen LogP contribution in [0.5, 0.6) is 0 Å². The molecule has 4 rings (SSSR count). The van der Waals surface area contributed by atoms with E-state index in [2.05, 4.69) is 21.9 Å².